The molecule has 2 aliphatic rings. The Balaban J connectivity index is 2.48. The van der Waals surface area contributed by atoms with E-state index in [1.807, 2.05) is 0 Å². The minimum absolute atomic E-state index is 0.344. The Hall–Kier alpha value is -1.10. The van der Waals surface area contributed by atoms with Gasteiger partial charge in [0.15, 0.2) is 0 Å². The minimum atomic E-state index is -0.549. The van der Waals surface area contributed by atoms with E-state index in [2.05, 4.69) is 25.9 Å². The second-order valence-corrected chi connectivity index (χ2v) is 3.58. The van der Waals surface area contributed by atoms with Gasteiger partial charge in [0.05, 0.1) is 10.5 Å². The van der Waals surface area contributed by atoms with E-state index in [0.717, 1.165) is 0 Å². The lowest BCUT2D eigenvalue weighted by atomic mass is 10.0. The average molecular weight is 243 g/mol. The maximum atomic E-state index is 12.9. The molecular weight excluding hydrogens is 239 g/mol. The molecule has 5 heteroatoms. The highest BCUT2D eigenvalue weighted by Gasteiger charge is 2.23. The highest BCUT2D eigenvalue weighted by molar-refractivity contribution is 9.10. The van der Waals surface area contributed by atoms with E-state index in [4.69, 9.17) is 0 Å². The highest BCUT2D eigenvalue weighted by Crippen LogP contribution is 2.22. The summed E-state index contributed by atoms with van der Waals surface area (Å²) >= 11 is 3.20. The molecule has 2 amide bonds. The molecule has 0 saturated carbocycles. The van der Waals surface area contributed by atoms with Crippen molar-refractivity contribution in [3.8, 4) is 0 Å². The highest BCUT2D eigenvalue weighted by atomic mass is 79.9. The normalized spacial score (nSPS) is 26.2. The number of carbonyl (C=O) groups excluding carboxylic acids is 1. The lowest BCUT2D eigenvalue weighted by Gasteiger charge is -2.16. The van der Waals surface area contributed by atoms with Gasteiger partial charge in [-0.05, 0) is 12.2 Å². The number of urea groups is 1. The van der Waals surface area contributed by atoms with Gasteiger partial charge in [0.1, 0.15) is 5.83 Å². The van der Waals surface area contributed by atoms with Crippen LogP contribution in [0, 0.1) is 0 Å². The topological polar surface area (TPSA) is 41.8 Å². The first-order valence-corrected chi connectivity index (χ1v) is 4.48. The van der Waals surface area contributed by atoms with Crippen molar-refractivity contribution in [2.75, 3.05) is 0 Å². The van der Waals surface area contributed by atoms with Crippen molar-refractivity contribution in [2.45, 2.75) is 4.83 Å². The second kappa shape index (κ2) is 2.99. The van der Waals surface area contributed by atoms with Crippen LogP contribution in [-0.2, 0) is 0 Å². The summed E-state index contributed by atoms with van der Waals surface area (Å²) in [6, 6.07) is -0.549. The van der Waals surface area contributed by atoms with Crippen LogP contribution in [0.1, 0.15) is 0 Å². The van der Waals surface area contributed by atoms with Crippen LogP contribution in [0.2, 0.25) is 0 Å². The molecule has 0 N–H and O–H groups in total. The zero-order valence-electron chi connectivity index (χ0n) is 6.37. The number of amides is 2. The number of halogens is 2. The first kappa shape index (κ1) is 8.50. The van der Waals surface area contributed by atoms with Crippen molar-refractivity contribution in [2.24, 2.45) is 9.98 Å². The third-order valence-corrected chi connectivity index (χ3v) is 2.38. The lowest BCUT2D eigenvalue weighted by Crippen LogP contribution is -2.23. The maximum Gasteiger partial charge on any atom is 0.367 e. The van der Waals surface area contributed by atoms with Gasteiger partial charge in [-0.25, -0.2) is 9.18 Å². The molecule has 0 saturated heterocycles. The van der Waals surface area contributed by atoms with Crippen LogP contribution in [0.4, 0.5) is 9.18 Å². The monoisotopic (exact) mass is 242 g/mol. The maximum absolute atomic E-state index is 12.9. The van der Waals surface area contributed by atoms with Crippen LogP contribution in [0.15, 0.2) is 33.5 Å². The summed E-state index contributed by atoms with van der Waals surface area (Å²) in [5.74, 6) is -0.350. The third kappa shape index (κ3) is 1.51. The van der Waals surface area contributed by atoms with Gasteiger partial charge in [-0.2, -0.15) is 9.98 Å². The van der Waals surface area contributed by atoms with Gasteiger partial charge < -0.3 is 0 Å². The largest absolute Gasteiger partial charge is 0.367 e. The van der Waals surface area contributed by atoms with E-state index >= 15 is 0 Å². The van der Waals surface area contributed by atoms with Crippen molar-refractivity contribution < 1.29 is 9.18 Å². The SMILES string of the molecule is O=C1N=CC2=CC(F)=CC(Br)C2=N1. The quantitative estimate of drug-likeness (QED) is 0.601. The molecule has 3 nitrogen and oxygen atoms in total. The molecule has 0 aromatic rings. The number of allylic oxidation sites excluding steroid dienone is 4. The molecule has 13 heavy (non-hydrogen) atoms. The fourth-order valence-corrected chi connectivity index (χ4v) is 1.75. The fourth-order valence-electron chi connectivity index (χ4n) is 1.13. The van der Waals surface area contributed by atoms with Crippen LogP contribution in [-0.4, -0.2) is 22.8 Å². The van der Waals surface area contributed by atoms with Crippen LogP contribution < -0.4 is 0 Å². The molecule has 2 rings (SSSR count). The van der Waals surface area contributed by atoms with E-state index in [1.54, 1.807) is 0 Å². The smallest absolute Gasteiger partial charge is 0.244 e. The first-order valence-electron chi connectivity index (χ1n) is 3.57. The molecule has 0 aromatic carbocycles. The van der Waals surface area contributed by atoms with Gasteiger partial charge in [-0.3, -0.25) is 0 Å². The molecule has 1 atom stereocenters. The number of nitrogens with zero attached hydrogens (tertiary/aromatic N) is 2. The number of aliphatic imine (C=N–C) groups is 2. The van der Waals surface area contributed by atoms with Gasteiger partial charge in [0, 0.05) is 11.8 Å². The predicted octanol–water partition coefficient (Wildman–Crippen LogP) is 2.19. The summed E-state index contributed by atoms with van der Waals surface area (Å²) < 4.78 is 12.9. The molecule has 0 radical (unpaired) electrons. The molecule has 0 aromatic heterocycles. The molecular formula is C8H4BrFN2O. The first-order chi connectivity index (χ1) is 6.16. The number of carbonyl (C=O) groups is 1. The number of alkyl halides is 1. The number of fused-ring (bicyclic) bond motifs is 1. The van der Waals surface area contributed by atoms with Crippen molar-refractivity contribution >= 4 is 33.9 Å². The van der Waals surface area contributed by atoms with E-state index in [1.165, 1.54) is 18.4 Å². The molecule has 0 spiro atoms. The molecule has 1 aliphatic heterocycles. The Kier molecular flexibility index (Phi) is 1.95. The van der Waals surface area contributed by atoms with Crippen molar-refractivity contribution in [3.63, 3.8) is 0 Å². The summed E-state index contributed by atoms with van der Waals surface area (Å²) in [5, 5.41) is 0. The molecule has 1 heterocycles. The standard InChI is InChI=1S/C8H4BrFN2O/c9-6-2-5(10)1-4-3-11-8(13)12-7(4)6/h1-3,6H. The summed E-state index contributed by atoms with van der Waals surface area (Å²) in [5.41, 5.74) is 1.06. The lowest BCUT2D eigenvalue weighted by molar-refractivity contribution is 0.257. The average Bonchev–Trinajstić information content (AvgIpc) is 2.06. The summed E-state index contributed by atoms with van der Waals surface area (Å²) in [7, 11) is 0. The zero-order chi connectivity index (χ0) is 9.42. The zero-order valence-corrected chi connectivity index (χ0v) is 7.95. The van der Waals surface area contributed by atoms with Gasteiger partial charge in [-0.1, -0.05) is 15.9 Å². The van der Waals surface area contributed by atoms with Crippen LogP contribution in [0.25, 0.3) is 0 Å². The van der Waals surface area contributed by atoms with Crippen LogP contribution in [0.3, 0.4) is 0 Å². The number of hydrogen-bond donors (Lipinski definition) is 0. The molecule has 66 valence electrons. The van der Waals surface area contributed by atoms with Gasteiger partial charge in [0.25, 0.3) is 0 Å². The van der Waals surface area contributed by atoms with E-state index in [0.29, 0.717) is 11.3 Å². The molecule has 0 fully saturated rings. The van der Waals surface area contributed by atoms with Crippen molar-refractivity contribution in [1.29, 1.82) is 0 Å². The molecule has 1 aliphatic carbocycles. The Bertz CT molecular complexity index is 395. The van der Waals surface area contributed by atoms with Crippen LogP contribution >= 0.6 is 15.9 Å². The Morgan fingerprint density at radius 1 is 1.54 bits per heavy atom. The van der Waals surface area contributed by atoms with Crippen molar-refractivity contribution in [3.05, 3.63) is 23.6 Å². The Morgan fingerprint density at radius 2 is 2.31 bits per heavy atom. The number of hydrogen-bond acceptors (Lipinski definition) is 1. The van der Waals surface area contributed by atoms with Gasteiger partial charge in [-0.15, -0.1) is 0 Å². The van der Waals surface area contributed by atoms with E-state index < -0.39 is 6.03 Å². The molecule has 0 bridgehead atoms. The van der Waals surface area contributed by atoms with E-state index in [-0.39, 0.29) is 10.7 Å². The summed E-state index contributed by atoms with van der Waals surface area (Å²) in [6.07, 6.45) is 3.97. The fraction of sp³-hybridized carbons (Fsp3) is 0.125. The Morgan fingerprint density at radius 3 is 3.08 bits per heavy atom. The third-order valence-electron chi connectivity index (χ3n) is 1.69. The Labute approximate surface area is 81.9 Å². The summed E-state index contributed by atoms with van der Waals surface area (Å²) in [4.78, 5) is 17.6. The number of rotatable bonds is 0. The van der Waals surface area contributed by atoms with Gasteiger partial charge >= 0.3 is 6.03 Å². The summed E-state index contributed by atoms with van der Waals surface area (Å²) in [6.45, 7) is 0. The minimum Gasteiger partial charge on any atom is -0.244 e. The second-order valence-electron chi connectivity index (χ2n) is 2.59. The van der Waals surface area contributed by atoms with Gasteiger partial charge in [0.2, 0.25) is 0 Å². The molecule has 1 unspecified atom stereocenters. The van der Waals surface area contributed by atoms with E-state index in [9.17, 15) is 9.18 Å². The van der Waals surface area contributed by atoms with Crippen molar-refractivity contribution in [1.82, 2.24) is 0 Å². The predicted molar refractivity (Wildman–Crippen MR) is 51.3 cm³/mol. The van der Waals surface area contributed by atoms with Crippen LogP contribution in [0.5, 0.6) is 0 Å².